The van der Waals surface area contributed by atoms with Crippen LogP contribution in [0.4, 0.5) is 10.8 Å². The van der Waals surface area contributed by atoms with Crippen LogP contribution in [-0.2, 0) is 10.0 Å². The predicted molar refractivity (Wildman–Crippen MR) is 135 cm³/mol. The van der Waals surface area contributed by atoms with Gasteiger partial charge in [0.25, 0.3) is 15.9 Å². The second-order valence-corrected chi connectivity index (χ2v) is 10.2. The van der Waals surface area contributed by atoms with Gasteiger partial charge in [0.2, 0.25) is 0 Å². The topological polar surface area (TPSA) is 97.4 Å². The Balaban J connectivity index is 1.48. The van der Waals surface area contributed by atoms with Crippen LogP contribution in [0.5, 0.6) is 5.75 Å². The fourth-order valence-electron chi connectivity index (χ4n) is 3.42. The highest BCUT2D eigenvalue weighted by Gasteiger charge is 2.16. The largest absolute Gasteiger partial charge is 0.497 e. The number of aryl methyl sites for hydroxylation is 2. The first-order chi connectivity index (χ1) is 16.2. The molecule has 3 aromatic carbocycles. The van der Waals surface area contributed by atoms with Crippen LogP contribution in [0.2, 0.25) is 0 Å². The van der Waals surface area contributed by atoms with Gasteiger partial charge in [0, 0.05) is 22.2 Å². The first kappa shape index (κ1) is 23.5. The van der Waals surface area contributed by atoms with Gasteiger partial charge in [0.1, 0.15) is 5.75 Å². The molecule has 9 heteroatoms. The van der Waals surface area contributed by atoms with Crippen molar-refractivity contribution in [2.45, 2.75) is 18.7 Å². The van der Waals surface area contributed by atoms with Gasteiger partial charge in [-0.3, -0.25) is 14.8 Å². The molecule has 0 saturated heterocycles. The van der Waals surface area contributed by atoms with E-state index in [1.165, 1.54) is 42.2 Å². The molecule has 0 saturated carbocycles. The second kappa shape index (κ2) is 9.66. The summed E-state index contributed by atoms with van der Waals surface area (Å²) in [5, 5.41) is 5.15. The van der Waals surface area contributed by atoms with E-state index in [0.29, 0.717) is 16.4 Å². The Labute approximate surface area is 202 Å². The monoisotopic (exact) mass is 493 g/mol. The van der Waals surface area contributed by atoms with Crippen molar-refractivity contribution in [3.05, 3.63) is 88.8 Å². The molecule has 7 nitrogen and oxygen atoms in total. The summed E-state index contributed by atoms with van der Waals surface area (Å²) in [6.45, 7) is 4.06. The molecule has 2 N–H and O–H groups in total. The van der Waals surface area contributed by atoms with Crippen LogP contribution >= 0.6 is 11.3 Å². The number of anilines is 2. The summed E-state index contributed by atoms with van der Waals surface area (Å²) in [6, 6.07) is 18.5. The van der Waals surface area contributed by atoms with Crippen molar-refractivity contribution in [1.29, 1.82) is 0 Å². The number of hydrogen-bond acceptors (Lipinski definition) is 6. The smallest absolute Gasteiger partial charge is 0.261 e. The van der Waals surface area contributed by atoms with Crippen molar-refractivity contribution in [1.82, 2.24) is 4.98 Å². The first-order valence-corrected chi connectivity index (χ1v) is 12.7. The molecule has 174 valence electrons. The minimum absolute atomic E-state index is 0.0878. The number of nitrogens with one attached hydrogen (secondary N) is 2. The van der Waals surface area contributed by atoms with Crippen LogP contribution in [0, 0.1) is 13.8 Å². The summed E-state index contributed by atoms with van der Waals surface area (Å²) < 4.78 is 33.0. The van der Waals surface area contributed by atoms with Crippen LogP contribution < -0.4 is 14.8 Å². The minimum Gasteiger partial charge on any atom is -0.497 e. The third kappa shape index (κ3) is 5.27. The SMILES string of the molecule is COc1ccc(S(=O)(=O)Nc2cccc(C(=O)Nc3nc(-c4ccc(C)cc4C)cs3)c2)cc1. The zero-order valence-corrected chi connectivity index (χ0v) is 20.5. The van der Waals surface area contributed by atoms with Crippen molar-refractivity contribution in [2.24, 2.45) is 0 Å². The molecule has 0 bridgehead atoms. The highest BCUT2D eigenvalue weighted by Crippen LogP contribution is 2.28. The van der Waals surface area contributed by atoms with Crippen molar-refractivity contribution < 1.29 is 17.9 Å². The van der Waals surface area contributed by atoms with Crippen LogP contribution in [0.15, 0.2) is 77.0 Å². The van der Waals surface area contributed by atoms with Crippen LogP contribution in [-0.4, -0.2) is 26.4 Å². The maximum atomic E-state index is 12.8. The van der Waals surface area contributed by atoms with E-state index < -0.39 is 10.0 Å². The average molecular weight is 494 g/mol. The van der Waals surface area contributed by atoms with Crippen molar-refractivity contribution in [2.75, 3.05) is 17.1 Å². The molecule has 0 spiro atoms. The van der Waals surface area contributed by atoms with E-state index in [0.717, 1.165) is 16.8 Å². The number of aromatic nitrogens is 1. The van der Waals surface area contributed by atoms with Gasteiger partial charge in [0.05, 0.1) is 17.7 Å². The minimum atomic E-state index is -3.82. The number of carbonyl (C=O) groups is 1. The Morgan fingerprint density at radius 2 is 1.76 bits per heavy atom. The zero-order chi connectivity index (χ0) is 24.3. The van der Waals surface area contributed by atoms with Crippen molar-refractivity contribution >= 4 is 38.1 Å². The van der Waals surface area contributed by atoms with E-state index in [-0.39, 0.29) is 16.5 Å². The van der Waals surface area contributed by atoms with E-state index >= 15 is 0 Å². The molecule has 1 heterocycles. The molecule has 0 atom stereocenters. The lowest BCUT2D eigenvalue weighted by Crippen LogP contribution is -2.15. The first-order valence-electron chi connectivity index (χ1n) is 10.4. The molecule has 4 aromatic rings. The molecule has 4 rings (SSSR count). The second-order valence-electron chi connectivity index (χ2n) is 7.67. The molecule has 0 aliphatic heterocycles. The van der Waals surface area contributed by atoms with Gasteiger partial charge in [-0.05, 0) is 61.9 Å². The average Bonchev–Trinajstić information content (AvgIpc) is 3.27. The standard InChI is InChI=1S/C25H23N3O4S2/c1-16-7-12-22(17(2)13-16)23-15-33-25(26-23)27-24(29)18-5-4-6-19(14-18)28-34(30,31)21-10-8-20(32-3)9-11-21/h4-15,28H,1-3H3,(H,26,27,29). The Bertz CT molecular complexity index is 1450. The Kier molecular flexibility index (Phi) is 6.67. The molecule has 0 fully saturated rings. The Hall–Kier alpha value is -3.69. The van der Waals surface area contributed by atoms with Crippen molar-refractivity contribution in [3.8, 4) is 17.0 Å². The molecule has 0 aliphatic rings. The number of nitrogens with zero attached hydrogens (tertiary/aromatic N) is 1. The number of hydrogen-bond donors (Lipinski definition) is 2. The lowest BCUT2D eigenvalue weighted by Gasteiger charge is -2.10. The maximum Gasteiger partial charge on any atom is 0.261 e. The molecule has 1 amide bonds. The summed E-state index contributed by atoms with van der Waals surface area (Å²) in [6.07, 6.45) is 0. The van der Waals surface area contributed by atoms with Gasteiger partial charge in [-0.2, -0.15) is 0 Å². The summed E-state index contributed by atoms with van der Waals surface area (Å²) in [7, 11) is -2.31. The molecule has 34 heavy (non-hydrogen) atoms. The lowest BCUT2D eigenvalue weighted by molar-refractivity contribution is 0.102. The van der Waals surface area contributed by atoms with Gasteiger partial charge in [-0.25, -0.2) is 13.4 Å². The number of benzene rings is 3. The summed E-state index contributed by atoms with van der Waals surface area (Å²) >= 11 is 1.33. The number of rotatable bonds is 7. The summed E-state index contributed by atoms with van der Waals surface area (Å²) in [4.78, 5) is 17.4. The number of ether oxygens (including phenoxy) is 1. The van der Waals surface area contributed by atoms with E-state index in [1.54, 1.807) is 30.3 Å². The van der Waals surface area contributed by atoms with Crippen LogP contribution in [0.25, 0.3) is 11.3 Å². The van der Waals surface area contributed by atoms with Gasteiger partial charge < -0.3 is 4.74 Å². The number of thiazole rings is 1. The van der Waals surface area contributed by atoms with Crippen LogP contribution in [0.1, 0.15) is 21.5 Å². The number of sulfonamides is 1. The molecule has 0 aliphatic carbocycles. The van der Waals surface area contributed by atoms with E-state index in [9.17, 15) is 13.2 Å². The molecule has 0 unspecified atom stereocenters. The summed E-state index contributed by atoms with van der Waals surface area (Å²) in [5.41, 5.74) is 4.67. The number of amides is 1. The quantitative estimate of drug-likeness (QED) is 0.355. The zero-order valence-electron chi connectivity index (χ0n) is 18.8. The highest BCUT2D eigenvalue weighted by atomic mass is 32.2. The van der Waals surface area contributed by atoms with Gasteiger partial charge in [-0.15, -0.1) is 11.3 Å². The Morgan fingerprint density at radius 1 is 1.00 bits per heavy atom. The maximum absolute atomic E-state index is 12.8. The van der Waals surface area contributed by atoms with Gasteiger partial charge >= 0.3 is 0 Å². The fraction of sp³-hybridized carbons (Fsp3) is 0.120. The normalized spacial score (nSPS) is 11.1. The molecule has 1 aromatic heterocycles. The molecular formula is C25H23N3O4S2. The number of carbonyl (C=O) groups excluding carboxylic acids is 1. The van der Waals surface area contributed by atoms with Crippen molar-refractivity contribution in [3.63, 3.8) is 0 Å². The molecule has 0 radical (unpaired) electrons. The van der Waals surface area contributed by atoms with E-state index in [4.69, 9.17) is 4.74 Å². The van der Waals surface area contributed by atoms with Gasteiger partial charge in [-0.1, -0.05) is 29.8 Å². The third-order valence-electron chi connectivity index (χ3n) is 5.13. The summed E-state index contributed by atoms with van der Waals surface area (Å²) in [5.74, 6) is 0.174. The predicted octanol–water partition coefficient (Wildman–Crippen LogP) is 5.49. The number of methoxy groups -OCH3 is 1. The lowest BCUT2D eigenvalue weighted by atomic mass is 10.0. The van der Waals surface area contributed by atoms with Gasteiger partial charge in [0.15, 0.2) is 5.13 Å². The highest BCUT2D eigenvalue weighted by molar-refractivity contribution is 7.92. The fourth-order valence-corrected chi connectivity index (χ4v) is 5.17. The third-order valence-corrected chi connectivity index (χ3v) is 7.28. The van der Waals surface area contributed by atoms with E-state index in [1.807, 2.05) is 31.4 Å². The van der Waals surface area contributed by atoms with Crippen LogP contribution in [0.3, 0.4) is 0 Å². The Morgan fingerprint density at radius 3 is 2.47 bits per heavy atom. The molecular weight excluding hydrogens is 470 g/mol. The van der Waals surface area contributed by atoms with E-state index in [2.05, 4.69) is 21.1 Å².